The van der Waals surface area contributed by atoms with E-state index in [0.717, 1.165) is 6.07 Å². The monoisotopic (exact) mass is 237 g/mol. The lowest BCUT2D eigenvalue weighted by molar-refractivity contribution is -0.137. The highest BCUT2D eigenvalue weighted by Crippen LogP contribution is 2.28. The molecular formula is C8H6F3NO2S. The Hall–Kier alpha value is -1.37. The van der Waals surface area contributed by atoms with Crippen LogP contribution in [0.4, 0.5) is 13.2 Å². The maximum atomic E-state index is 12.1. The average Bonchev–Trinajstić information content (AvgIpc) is 2.17. The van der Waals surface area contributed by atoms with Gasteiger partial charge in [0.1, 0.15) is 0 Å². The van der Waals surface area contributed by atoms with E-state index in [1.54, 1.807) is 0 Å². The standard InChI is InChI=1S/C8H6F3NO2S/c1-2-15(13,14)7-4-3-6(5-12-7)8(9,10)11/h2-5H,1H2. The molecule has 1 aromatic heterocycles. The van der Waals surface area contributed by atoms with Crippen LogP contribution in [0.1, 0.15) is 5.56 Å². The van der Waals surface area contributed by atoms with Gasteiger partial charge in [-0.3, -0.25) is 0 Å². The van der Waals surface area contributed by atoms with Gasteiger partial charge in [-0.1, -0.05) is 6.58 Å². The number of pyridine rings is 1. The van der Waals surface area contributed by atoms with Gasteiger partial charge in [0.15, 0.2) is 5.03 Å². The third-order valence-electron chi connectivity index (χ3n) is 1.57. The van der Waals surface area contributed by atoms with Gasteiger partial charge in [0, 0.05) is 11.6 Å². The van der Waals surface area contributed by atoms with Crippen molar-refractivity contribution in [3.8, 4) is 0 Å². The molecule has 3 nitrogen and oxygen atoms in total. The summed E-state index contributed by atoms with van der Waals surface area (Å²) < 4.78 is 58.5. The highest BCUT2D eigenvalue weighted by Gasteiger charge is 2.31. The van der Waals surface area contributed by atoms with Crippen molar-refractivity contribution in [2.24, 2.45) is 0 Å². The van der Waals surface area contributed by atoms with E-state index >= 15 is 0 Å². The minimum atomic E-state index is -4.52. The smallest absolute Gasteiger partial charge is 0.244 e. The minimum absolute atomic E-state index is 0.453. The molecule has 0 atom stereocenters. The van der Waals surface area contributed by atoms with Gasteiger partial charge in [-0.25, -0.2) is 13.4 Å². The molecule has 0 saturated carbocycles. The highest BCUT2D eigenvalue weighted by molar-refractivity contribution is 7.94. The molecule has 1 heterocycles. The largest absolute Gasteiger partial charge is 0.417 e. The quantitative estimate of drug-likeness (QED) is 0.790. The van der Waals surface area contributed by atoms with Crippen LogP contribution in [-0.4, -0.2) is 13.4 Å². The first kappa shape index (κ1) is 11.7. The first-order valence-electron chi connectivity index (χ1n) is 3.68. The molecule has 7 heteroatoms. The van der Waals surface area contributed by atoms with Crippen LogP contribution in [0, 0.1) is 0 Å². The molecule has 0 radical (unpaired) electrons. The van der Waals surface area contributed by atoms with E-state index in [4.69, 9.17) is 0 Å². The van der Waals surface area contributed by atoms with Crippen molar-refractivity contribution in [2.45, 2.75) is 11.2 Å². The average molecular weight is 237 g/mol. The van der Waals surface area contributed by atoms with Crippen molar-refractivity contribution < 1.29 is 21.6 Å². The number of alkyl halides is 3. The Kier molecular flexibility index (Phi) is 2.85. The molecule has 0 N–H and O–H groups in total. The van der Waals surface area contributed by atoms with Crippen LogP contribution in [0.5, 0.6) is 0 Å². The van der Waals surface area contributed by atoms with Gasteiger partial charge in [-0.2, -0.15) is 13.2 Å². The molecule has 1 rings (SSSR count). The first-order valence-corrected chi connectivity index (χ1v) is 5.23. The zero-order valence-corrected chi connectivity index (χ0v) is 8.14. The molecule has 0 aromatic carbocycles. The molecule has 0 saturated heterocycles. The van der Waals surface area contributed by atoms with Gasteiger partial charge in [-0.15, -0.1) is 0 Å². The molecule has 0 spiro atoms. The first-order chi connectivity index (χ1) is 6.77. The molecule has 0 fully saturated rings. The molecule has 0 amide bonds. The lowest BCUT2D eigenvalue weighted by Gasteiger charge is -2.05. The topological polar surface area (TPSA) is 47.0 Å². The van der Waals surface area contributed by atoms with Crippen LogP contribution < -0.4 is 0 Å². The molecule has 1 aromatic rings. The maximum absolute atomic E-state index is 12.1. The molecule has 15 heavy (non-hydrogen) atoms. The van der Waals surface area contributed by atoms with Crippen LogP contribution in [0.3, 0.4) is 0 Å². The lowest BCUT2D eigenvalue weighted by Crippen LogP contribution is -2.07. The number of halogens is 3. The summed E-state index contributed by atoms with van der Waals surface area (Å²) in [6.45, 7) is 3.03. The molecule has 0 aliphatic heterocycles. The molecular weight excluding hydrogens is 231 g/mol. The van der Waals surface area contributed by atoms with Gasteiger partial charge in [-0.05, 0) is 12.1 Å². The van der Waals surface area contributed by atoms with Crippen molar-refractivity contribution in [2.75, 3.05) is 0 Å². The number of rotatable bonds is 2. The van der Waals surface area contributed by atoms with Crippen molar-refractivity contribution in [1.82, 2.24) is 4.98 Å². The van der Waals surface area contributed by atoms with E-state index in [0.29, 0.717) is 17.7 Å². The van der Waals surface area contributed by atoms with Gasteiger partial charge >= 0.3 is 6.18 Å². The van der Waals surface area contributed by atoms with Crippen LogP contribution in [0.25, 0.3) is 0 Å². The summed E-state index contributed by atoms with van der Waals surface area (Å²) >= 11 is 0. The number of nitrogens with zero attached hydrogens (tertiary/aromatic N) is 1. The number of hydrogen-bond donors (Lipinski definition) is 0. The fourth-order valence-electron chi connectivity index (χ4n) is 0.802. The minimum Gasteiger partial charge on any atom is -0.244 e. The third-order valence-corrected chi connectivity index (χ3v) is 2.84. The normalized spacial score (nSPS) is 12.5. The zero-order chi connectivity index (χ0) is 11.7. The Balaban J connectivity index is 3.17. The zero-order valence-electron chi connectivity index (χ0n) is 7.32. The van der Waals surface area contributed by atoms with Gasteiger partial charge in [0.05, 0.1) is 5.56 Å². The summed E-state index contributed by atoms with van der Waals surface area (Å²) in [7, 11) is -3.78. The predicted octanol–water partition coefficient (Wildman–Crippen LogP) is 2.02. The molecule has 82 valence electrons. The number of aromatic nitrogens is 1. The highest BCUT2D eigenvalue weighted by atomic mass is 32.2. The molecule has 0 unspecified atom stereocenters. The number of hydrogen-bond acceptors (Lipinski definition) is 3. The van der Waals surface area contributed by atoms with Gasteiger partial charge < -0.3 is 0 Å². The van der Waals surface area contributed by atoms with Crippen LogP contribution in [0.15, 0.2) is 35.3 Å². The van der Waals surface area contributed by atoms with Crippen LogP contribution in [0.2, 0.25) is 0 Å². The van der Waals surface area contributed by atoms with Crippen LogP contribution in [-0.2, 0) is 16.0 Å². The second-order valence-electron chi connectivity index (χ2n) is 2.59. The molecule has 0 aliphatic rings. The maximum Gasteiger partial charge on any atom is 0.417 e. The summed E-state index contributed by atoms with van der Waals surface area (Å²) in [6.07, 6.45) is -4.06. The fraction of sp³-hybridized carbons (Fsp3) is 0.125. The summed E-state index contributed by atoms with van der Waals surface area (Å²) in [5, 5.41) is 0.174. The summed E-state index contributed by atoms with van der Waals surface area (Å²) in [6, 6.07) is 1.45. The fourth-order valence-corrected chi connectivity index (χ4v) is 1.43. The Morgan fingerprint density at radius 3 is 2.27 bits per heavy atom. The Morgan fingerprint density at radius 1 is 1.33 bits per heavy atom. The van der Waals surface area contributed by atoms with E-state index in [1.807, 2.05) is 0 Å². The summed E-state index contributed by atoms with van der Waals surface area (Å²) in [4.78, 5) is 3.21. The van der Waals surface area contributed by atoms with Crippen LogP contribution >= 0.6 is 0 Å². The van der Waals surface area contributed by atoms with Gasteiger partial charge in [0.2, 0.25) is 9.84 Å². The lowest BCUT2D eigenvalue weighted by atomic mass is 10.3. The van der Waals surface area contributed by atoms with E-state index in [1.165, 1.54) is 0 Å². The second kappa shape index (κ2) is 3.65. The second-order valence-corrected chi connectivity index (χ2v) is 4.44. The number of sulfone groups is 1. The van der Waals surface area contributed by atoms with Crippen molar-refractivity contribution >= 4 is 9.84 Å². The van der Waals surface area contributed by atoms with E-state index in [-0.39, 0.29) is 0 Å². The van der Waals surface area contributed by atoms with Crippen molar-refractivity contribution in [1.29, 1.82) is 0 Å². The Labute approximate surface area is 84.2 Å². The molecule has 0 aliphatic carbocycles. The predicted molar refractivity (Wildman–Crippen MR) is 46.6 cm³/mol. The molecule has 0 bridgehead atoms. The Bertz CT molecular complexity index is 462. The summed E-state index contributed by atoms with van der Waals surface area (Å²) in [5.74, 6) is 0. The van der Waals surface area contributed by atoms with E-state index in [9.17, 15) is 21.6 Å². The van der Waals surface area contributed by atoms with E-state index in [2.05, 4.69) is 11.6 Å². The summed E-state index contributed by atoms with van der Waals surface area (Å²) in [5.41, 5.74) is -0.995. The Morgan fingerprint density at radius 2 is 1.93 bits per heavy atom. The van der Waals surface area contributed by atoms with Crippen molar-refractivity contribution in [3.05, 3.63) is 35.9 Å². The van der Waals surface area contributed by atoms with E-state index < -0.39 is 26.6 Å². The van der Waals surface area contributed by atoms with Crippen molar-refractivity contribution in [3.63, 3.8) is 0 Å². The van der Waals surface area contributed by atoms with Gasteiger partial charge in [0.25, 0.3) is 0 Å². The third kappa shape index (κ3) is 2.56. The SMILES string of the molecule is C=CS(=O)(=O)c1ccc(C(F)(F)F)cn1.